The normalized spacial score (nSPS) is 19.6. The van der Waals surface area contributed by atoms with Crippen LogP contribution in [0.25, 0.3) is 0 Å². The SMILES string of the molecule is CCc1nc(C)sc1C(=O)N1C[C@@H](C(=O)O)[C@H](c2cccc(OC)c2)C1. The van der Waals surface area contributed by atoms with Gasteiger partial charge in [0.1, 0.15) is 10.6 Å². The number of amides is 1. The zero-order valence-electron chi connectivity index (χ0n) is 15.1. The summed E-state index contributed by atoms with van der Waals surface area (Å²) in [6, 6.07) is 7.42. The lowest BCUT2D eigenvalue weighted by Crippen LogP contribution is -2.30. The number of benzene rings is 1. The summed E-state index contributed by atoms with van der Waals surface area (Å²) in [7, 11) is 1.58. The number of carbonyl (C=O) groups is 2. The maximum absolute atomic E-state index is 13.0. The minimum absolute atomic E-state index is 0.121. The molecule has 0 aliphatic carbocycles. The Morgan fingerprint density at radius 3 is 2.81 bits per heavy atom. The summed E-state index contributed by atoms with van der Waals surface area (Å²) in [6.07, 6.45) is 0.681. The Hall–Kier alpha value is -2.41. The van der Waals surface area contributed by atoms with E-state index < -0.39 is 11.9 Å². The molecule has 0 radical (unpaired) electrons. The third-order valence-electron chi connectivity index (χ3n) is 4.78. The number of hydrogen-bond donors (Lipinski definition) is 1. The zero-order valence-corrected chi connectivity index (χ0v) is 15.9. The number of aliphatic carboxylic acids is 1. The molecule has 1 aliphatic heterocycles. The highest BCUT2D eigenvalue weighted by Gasteiger charge is 2.41. The molecule has 7 heteroatoms. The van der Waals surface area contributed by atoms with Gasteiger partial charge in [0, 0.05) is 19.0 Å². The van der Waals surface area contributed by atoms with E-state index in [-0.39, 0.29) is 18.4 Å². The monoisotopic (exact) mass is 374 g/mol. The van der Waals surface area contributed by atoms with E-state index in [0.717, 1.165) is 16.3 Å². The van der Waals surface area contributed by atoms with Gasteiger partial charge < -0.3 is 14.7 Å². The van der Waals surface area contributed by atoms with Crippen LogP contribution < -0.4 is 4.74 Å². The minimum Gasteiger partial charge on any atom is -0.497 e. The molecule has 1 saturated heterocycles. The van der Waals surface area contributed by atoms with Crippen LogP contribution in [0.4, 0.5) is 0 Å². The van der Waals surface area contributed by atoms with Gasteiger partial charge in [-0.05, 0) is 31.0 Å². The number of rotatable bonds is 5. The van der Waals surface area contributed by atoms with Gasteiger partial charge in [-0.2, -0.15) is 0 Å². The molecular weight excluding hydrogens is 352 g/mol. The fraction of sp³-hybridized carbons (Fsp3) is 0.421. The molecule has 2 atom stereocenters. The highest BCUT2D eigenvalue weighted by molar-refractivity contribution is 7.13. The van der Waals surface area contributed by atoms with Crippen molar-refractivity contribution in [3.8, 4) is 5.75 Å². The first-order valence-electron chi connectivity index (χ1n) is 8.56. The van der Waals surface area contributed by atoms with E-state index in [1.165, 1.54) is 11.3 Å². The average Bonchev–Trinajstić information content (AvgIpc) is 3.25. The number of aryl methyl sites for hydroxylation is 2. The van der Waals surface area contributed by atoms with E-state index in [1.54, 1.807) is 12.0 Å². The number of hydrogen-bond acceptors (Lipinski definition) is 5. The number of carboxylic acid groups (broad SMARTS) is 1. The highest BCUT2D eigenvalue weighted by atomic mass is 32.1. The van der Waals surface area contributed by atoms with Gasteiger partial charge in [-0.25, -0.2) is 4.98 Å². The number of aromatic nitrogens is 1. The molecule has 1 aromatic heterocycles. The summed E-state index contributed by atoms with van der Waals surface area (Å²) in [4.78, 5) is 31.5. The number of ether oxygens (including phenoxy) is 1. The first-order valence-corrected chi connectivity index (χ1v) is 9.38. The molecule has 0 saturated carbocycles. The number of thiazole rings is 1. The molecule has 1 fully saturated rings. The average molecular weight is 374 g/mol. The molecule has 1 N–H and O–H groups in total. The van der Waals surface area contributed by atoms with Gasteiger partial charge in [0.15, 0.2) is 0 Å². The minimum atomic E-state index is -0.885. The van der Waals surface area contributed by atoms with Crippen molar-refractivity contribution in [3.63, 3.8) is 0 Å². The van der Waals surface area contributed by atoms with Crippen LogP contribution in [0.1, 0.15) is 38.8 Å². The summed E-state index contributed by atoms with van der Waals surface area (Å²) in [5.74, 6) is -1.22. The fourth-order valence-corrected chi connectivity index (χ4v) is 4.43. The lowest BCUT2D eigenvalue weighted by molar-refractivity contribution is -0.141. The quantitative estimate of drug-likeness (QED) is 0.870. The summed E-state index contributed by atoms with van der Waals surface area (Å²) in [6.45, 7) is 4.43. The predicted octanol–water partition coefficient (Wildman–Crippen LogP) is 2.96. The second-order valence-electron chi connectivity index (χ2n) is 6.40. The molecule has 2 heterocycles. The number of nitrogens with zero attached hydrogens (tertiary/aromatic N) is 2. The largest absolute Gasteiger partial charge is 0.497 e. The van der Waals surface area contributed by atoms with Crippen molar-refractivity contribution in [2.24, 2.45) is 5.92 Å². The Balaban J connectivity index is 1.89. The van der Waals surface area contributed by atoms with Crippen molar-refractivity contribution in [1.82, 2.24) is 9.88 Å². The topological polar surface area (TPSA) is 79.7 Å². The highest BCUT2D eigenvalue weighted by Crippen LogP contribution is 2.36. The van der Waals surface area contributed by atoms with E-state index in [4.69, 9.17) is 4.74 Å². The van der Waals surface area contributed by atoms with Crippen LogP contribution in [0.5, 0.6) is 5.75 Å². The van der Waals surface area contributed by atoms with Crippen LogP contribution in [-0.2, 0) is 11.2 Å². The van der Waals surface area contributed by atoms with Crippen LogP contribution in [0.2, 0.25) is 0 Å². The van der Waals surface area contributed by atoms with Crippen molar-refractivity contribution in [2.75, 3.05) is 20.2 Å². The van der Waals surface area contributed by atoms with Crippen LogP contribution in [0, 0.1) is 12.8 Å². The molecule has 0 unspecified atom stereocenters. The Morgan fingerprint density at radius 2 is 2.15 bits per heavy atom. The van der Waals surface area contributed by atoms with Gasteiger partial charge in [0.2, 0.25) is 0 Å². The standard InChI is InChI=1S/C19H22N2O4S/c1-4-16-17(26-11(2)20-16)18(22)21-9-14(15(10-21)19(23)24)12-6-5-7-13(8-12)25-3/h5-8,14-15H,4,9-10H2,1-3H3,(H,23,24)/t14-,15+/m0/s1. The first kappa shape index (κ1) is 18.4. The Labute approximate surface area is 156 Å². The molecule has 6 nitrogen and oxygen atoms in total. The summed E-state index contributed by atoms with van der Waals surface area (Å²) in [5.41, 5.74) is 1.66. The third kappa shape index (κ3) is 3.44. The van der Waals surface area contributed by atoms with Crippen molar-refractivity contribution < 1.29 is 19.4 Å². The van der Waals surface area contributed by atoms with E-state index in [1.807, 2.05) is 38.1 Å². The first-order chi connectivity index (χ1) is 12.4. The molecule has 0 spiro atoms. The predicted molar refractivity (Wildman–Crippen MR) is 99.0 cm³/mol. The van der Waals surface area contributed by atoms with E-state index in [2.05, 4.69) is 4.98 Å². The summed E-state index contributed by atoms with van der Waals surface area (Å²) in [5, 5.41) is 10.5. The van der Waals surface area contributed by atoms with Crippen LogP contribution in [0.3, 0.4) is 0 Å². The number of likely N-dealkylation sites (tertiary alicyclic amines) is 1. The van der Waals surface area contributed by atoms with E-state index in [0.29, 0.717) is 23.6 Å². The Morgan fingerprint density at radius 1 is 1.38 bits per heavy atom. The van der Waals surface area contributed by atoms with Gasteiger partial charge in [-0.15, -0.1) is 11.3 Å². The maximum Gasteiger partial charge on any atom is 0.308 e. The lowest BCUT2D eigenvalue weighted by Gasteiger charge is -2.16. The van der Waals surface area contributed by atoms with Gasteiger partial charge in [-0.3, -0.25) is 9.59 Å². The number of carbonyl (C=O) groups excluding carboxylic acids is 1. The van der Waals surface area contributed by atoms with Crippen LogP contribution in [0.15, 0.2) is 24.3 Å². The zero-order chi connectivity index (χ0) is 18.8. The Bertz CT molecular complexity index is 833. The van der Waals surface area contributed by atoms with Gasteiger partial charge >= 0.3 is 5.97 Å². The van der Waals surface area contributed by atoms with Crippen molar-refractivity contribution in [2.45, 2.75) is 26.2 Å². The van der Waals surface area contributed by atoms with E-state index in [9.17, 15) is 14.7 Å². The molecule has 1 amide bonds. The van der Waals surface area contributed by atoms with Crippen LogP contribution in [-0.4, -0.2) is 47.1 Å². The molecule has 1 aliphatic rings. The molecule has 2 aromatic rings. The Kier molecular flexibility index (Phi) is 5.27. The van der Waals surface area contributed by atoms with E-state index >= 15 is 0 Å². The van der Waals surface area contributed by atoms with Crippen molar-refractivity contribution in [1.29, 1.82) is 0 Å². The molecule has 0 bridgehead atoms. The molecular formula is C19H22N2O4S. The third-order valence-corrected chi connectivity index (χ3v) is 5.78. The molecule has 138 valence electrons. The molecule has 1 aromatic carbocycles. The molecule has 26 heavy (non-hydrogen) atoms. The van der Waals surface area contributed by atoms with Gasteiger partial charge in [-0.1, -0.05) is 19.1 Å². The lowest BCUT2D eigenvalue weighted by atomic mass is 9.89. The van der Waals surface area contributed by atoms with Gasteiger partial charge in [0.05, 0.1) is 23.7 Å². The van der Waals surface area contributed by atoms with Crippen molar-refractivity contribution in [3.05, 3.63) is 45.4 Å². The summed E-state index contributed by atoms with van der Waals surface area (Å²) < 4.78 is 5.25. The second kappa shape index (κ2) is 7.45. The molecule has 3 rings (SSSR count). The number of carboxylic acids is 1. The smallest absolute Gasteiger partial charge is 0.308 e. The van der Waals surface area contributed by atoms with Crippen molar-refractivity contribution >= 4 is 23.2 Å². The van der Waals surface area contributed by atoms with Crippen LogP contribution >= 0.6 is 11.3 Å². The number of methoxy groups -OCH3 is 1. The summed E-state index contributed by atoms with van der Waals surface area (Å²) >= 11 is 1.38. The van der Waals surface area contributed by atoms with Gasteiger partial charge in [0.25, 0.3) is 5.91 Å². The second-order valence-corrected chi connectivity index (χ2v) is 7.60. The maximum atomic E-state index is 13.0. The fourth-order valence-electron chi connectivity index (χ4n) is 3.45.